The number of amides is 1. The SMILES string of the molecule is CC/C=C/CC/C=C/CC/C=C/C(O)C(COC1OC(CO)C(O)C(O)C1O)NC(=O)CC/C=C\C/C=C\CCCCCCCCOC(=O)CCCCCCCCCCC/C=C\C/C=C\CCCCC. The smallest absolute Gasteiger partial charge is 0.305 e. The largest absolute Gasteiger partial charge is 0.466 e. The van der Waals surface area contributed by atoms with Gasteiger partial charge in [-0.2, -0.15) is 0 Å². The maximum absolute atomic E-state index is 12.9. The van der Waals surface area contributed by atoms with Gasteiger partial charge < -0.3 is 45.1 Å². The monoisotopic (exact) mass is 984 g/mol. The van der Waals surface area contributed by atoms with Crippen LogP contribution in [0.25, 0.3) is 0 Å². The van der Waals surface area contributed by atoms with Gasteiger partial charge in [0.25, 0.3) is 0 Å². The molecule has 0 spiro atoms. The lowest BCUT2D eigenvalue weighted by Crippen LogP contribution is -2.60. The standard InChI is InChI=1S/C59H101NO10/c1-3-5-7-9-11-13-15-16-17-18-19-20-21-24-27-31-35-39-43-47-55(64)68-48-44-40-36-32-28-25-22-23-26-30-34-38-42-46-54(63)60-51(50-69-59-58(67)57(66)56(65)53(49-61)70-59)52(62)45-41-37-33-29-14-12-10-8-6-4-2/h6,8,11,13-14,16-17,23,26,29,34,38,41,45,51-53,56-59,61-62,65-67H,3-5,7,9-10,12,15,18-22,24-25,27-28,30-33,35-37,39-40,42-44,46-50H2,1-2H3,(H,60,63)/b8-6+,13-11-,17-16-,26-23-,29-14+,38-34-,45-41+. The zero-order valence-electron chi connectivity index (χ0n) is 43.9. The van der Waals surface area contributed by atoms with Crippen molar-refractivity contribution in [3.63, 3.8) is 0 Å². The van der Waals surface area contributed by atoms with Gasteiger partial charge >= 0.3 is 5.97 Å². The third kappa shape index (κ3) is 37.6. The molecular weight excluding hydrogens is 883 g/mol. The van der Waals surface area contributed by atoms with Crippen LogP contribution in [-0.4, -0.2) is 100 Å². The van der Waals surface area contributed by atoms with E-state index in [-0.39, 0.29) is 24.9 Å². The summed E-state index contributed by atoms with van der Waals surface area (Å²) < 4.78 is 16.6. The first-order valence-electron chi connectivity index (χ1n) is 27.9. The molecular formula is C59H101NO10. The second-order valence-electron chi connectivity index (χ2n) is 18.9. The molecule has 0 aromatic rings. The Labute approximate surface area is 425 Å². The molecule has 11 heteroatoms. The van der Waals surface area contributed by atoms with Gasteiger partial charge in [0, 0.05) is 12.8 Å². The van der Waals surface area contributed by atoms with E-state index >= 15 is 0 Å². The summed E-state index contributed by atoms with van der Waals surface area (Å²) in [6.07, 6.45) is 54.1. The molecule has 1 fully saturated rings. The van der Waals surface area contributed by atoms with Crippen molar-refractivity contribution in [3.05, 3.63) is 85.1 Å². The average Bonchev–Trinajstić information content (AvgIpc) is 3.36. The van der Waals surface area contributed by atoms with E-state index in [2.05, 4.69) is 79.9 Å². The van der Waals surface area contributed by atoms with Crippen molar-refractivity contribution in [2.75, 3.05) is 19.8 Å². The molecule has 1 amide bonds. The van der Waals surface area contributed by atoms with Crippen LogP contribution in [0, 0.1) is 0 Å². The van der Waals surface area contributed by atoms with Gasteiger partial charge in [0.05, 0.1) is 32.0 Å². The molecule has 0 aromatic carbocycles. The Morgan fingerprint density at radius 1 is 0.543 bits per heavy atom. The van der Waals surface area contributed by atoms with Crippen LogP contribution in [0.2, 0.25) is 0 Å². The van der Waals surface area contributed by atoms with Crippen LogP contribution < -0.4 is 5.32 Å². The third-order valence-electron chi connectivity index (χ3n) is 12.5. The Morgan fingerprint density at radius 2 is 1.03 bits per heavy atom. The highest BCUT2D eigenvalue weighted by Crippen LogP contribution is 2.22. The van der Waals surface area contributed by atoms with Crippen LogP contribution in [0.1, 0.15) is 213 Å². The number of allylic oxidation sites excluding steroid dienone is 13. The molecule has 0 aliphatic carbocycles. The Balaban J connectivity index is 2.14. The molecule has 11 nitrogen and oxygen atoms in total. The number of esters is 1. The average molecular weight is 984 g/mol. The van der Waals surface area contributed by atoms with Crippen LogP contribution in [0.4, 0.5) is 0 Å². The molecule has 0 radical (unpaired) electrons. The minimum atomic E-state index is -1.60. The molecule has 1 heterocycles. The Kier molecular flexibility index (Phi) is 44.6. The topological polar surface area (TPSA) is 175 Å². The van der Waals surface area contributed by atoms with Crippen LogP contribution in [-0.2, 0) is 23.8 Å². The van der Waals surface area contributed by atoms with E-state index in [9.17, 15) is 35.1 Å². The van der Waals surface area contributed by atoms with Crippen molar-refractivity contribution in [1.82, 2.24) is 5.32 Å². The normalized spacial score (nSPS) is 19.9. The fraction of sp³-hybridized carbons (Fsp3) is 0.729. The minimum Gasteiger partial charge on any atom is -0.466 e. The molecule has 0 aromatic heterocycles. The third-order valence-corrected chi connectivity index (χ3v) is 12.5. The van der Waals surface area contributed by atoms with Gasteiger partial charge in [-0.15, -0.1) is 0 Å². The predicted molar refractivity (Wildman–Crippen MR) is 287 cm³/mol. The number of hydrogen-bond acceptors (Lipinski definition) is 10. The van der Waals surface area contributed by atoms with E-state index in [1.54, 1.807) is 6.08 Å². The first kappa shape index (κ1) is 64.9. The summed E-state index contributed by atoms with van der Waals surface area (Å²) in [5.74, 6) is -0.329. The Bertz CT molecular complexity index is 1440. The number of rotatable bonds is 46. The molecule has 1 saturated heterocycles. The lowest BCUT2D eigenvalue weighted by atomic mass is 9.99. The van der Waals surface area contributed by atoms with Crippen LogP contribution >= 0.6 is 0 Å². The summed E-state index contributed by atoms with van der Waals surface area (Å²) in [6.45, 7) is 4.05. The van der Waals surface area contributed by atoms with E-state index in [1.165, 1.54) is 89.9 Å². The first-order chi connectivity index (χ1) is 34.2. The number of ether oxygens (including phenoxy) is 3. The maximum atomic E-state index is 12.9. The van der Waals surface area contributed by atoms with Crippen LogP contribution in [0.15, 0.2) is 85.1 Å². The first-order valence-corrected chi connectivity index (χ1v) is 27.9. The highest BCUT2D eigenvalue weighted by molar-refractivity contribution is 5.76. The molecule has 1 aliphatic rings. The van der Waals surface area contributed by atoms with E-state index in [0.29, 0.717) is 25.9 Å². The fourth-order valence-corrected chi connectivity index (χ4v) is 8.02. The van der Waals surface area contributed by atoms with Gasteiger partial charge in [-0.1, -0.05) is 182 Å². The molecule has 6 N–H and O–H groups in total. The molecule has 0 saturated carbocycles. The second kappa shape index (κ2) is 48.1. The quantitative estimate of drug-likeness (QED) is 0.0196. The highest BCUT2D eigenvalue weighted by atomic mass is 16.7. The second-order valence-corrected chi connectivity index (χ2v) is 18.9. The van der Waals surface area contributed by atoms with E-state index < -0.39 is 49.5 Å². The summed E-state index contributed by atoms with van der Waals surface area (Å²) in [5, 5.41) is 54.0. The van der Waals surface area contributed by atoms with Crippen LogP contribution in [0.5, 0.6) is 0 Å². The zero-order valence-corrected chi connectivity index (χ0v) is 43.9. The number of carbonyl (C=O) groups excluding carboxylic acids is 2. The van der Waals surface area contributed by atoms with Gasteiger partial charge in [0.1, 0.15) is 24.4 Å². The number of unbranched alkanes of at least 4 members (excludes halogenated alkanes) is 20. The molecule has 7 unspecified atom stereocenters. The van der Waals surface area contributed by atoms with Crippen molar-refractivity contribution >= 4 is 11.9 Å². The molecule has 1 rings (SSSR count). The minimum absolute atomic E-state index is 0.0466. The lowest BCUT2D eigenvalue weighted by molar-refractivity contribution is -0.302. The Morgan fingerprint density at radius 3 is 1.59 bits per heavy atom. The molecule has 0 bridgehead atoms. The molecule has 7 atom stereocenters. The fourth-order valence-electron chi connectivity index (χ4n) is 8.02. The van der Waals surface area contributed by atoms with Crippen molar-refractivity contribution in [2.24, 2.45) is 0 Å². The van der Waals surface area contributed by atoms with Gasteiger partial charge in [0.15, 0.2) is 6.29 Å². The van der Waals surface area contributed by atoms with E-state index in [4.69, 9.17) is 14.2 Å². The number of nitrogens with one attached hydrogen (secondary N) is 1. The van der Waals surface area contributed by atoms with Gasteiger partial charge in [0.2, 0.25) is 5.91 Å². The summed E-state index contributed by atoms with van der Waals surface area (Å²) in [6, 6.07) is -0.880. The van der Waals surface area contributed by atoms with Gasteiger partial charge in [-0.05, 0) is 103 Å². The Hall–Kier alpha value is -3.16. The maximum Gasteiger partial charge on any atom is 0.305 e. The number of aliphatic hydroxyl groups is 5. The van der Waals surface area contributed by atoms with E-state index in [1.807, 2.05) is 18.2 Å². The summed E-state index contributed by atoms with van der Waals surface area (Å²) >= 11 is 0. The van der Waals surface area contributed by atoms with Crippen molar-refractivity contribution < 1.29 is 49.3 Å². The highest BCUT2D eigenvalue weighted by Gasteiger charge is 2.44. The molecule has 402 valence electrons. The number of aliphatic hydroxyl groups excluding tert-OH is 5. The molecule has 1 aliphatic heterocycles. The van der Waals surface area contributed by atoms with Gasteiger partial charge in [-0.25, -0.2) is 0 Å². The number of carbonyl (C=O) groups is 2. The summed E-state index contributed by atoms with van der Waals surface area (Å²) in [4.78, 5) is 25.0. The summed E-state index contributed by atoms with van der Waals surface area (Å²) in [7, 11) is 0. The van der Waals surface area contributed by atoms with Crippen LogP contribution in [0.3, 0.4) is 0 Å². The van der Waals surface area contributed by atoms with Crippen molar-refractivity contribution in [1.29, 1.82) is 0 Å². The zero-order chi connectivity index (χ0) is 51.0. The number of hydrogen-bond donors (Lipinski definition) is 6. The predicted octanol–water partition coefficient (Wildman–Crippen LogP) is 12.2. The lowest BCUT2D eigenvalue weighted by Gasteiger charge is -2.40. The van der Waals surface area contributed by atoms with Gasteiger partial charge in [-0.3, -0.25) is 9.59 Å². The van der Waals surface area contributed by atoms with Crippen molar-refractivity contribution in [3.8, 4) is 0 Å². The van der Waals surface area contributed by atoms with Crippen molar-refractivity contribution in [2.45, 2.75) is 256 Å². The van der Waals surface area contributed by atoms with E-state index in [0.717, 1.165) is 83.5 Å². The summed E-state index contributed by atoms with van der Waals surface area (Å²) in [5.41, 5.74) is 0. The molecule has 70 heavy (non-hydrogen) atoms.